The summed E-state index contributed by atoms with van der Waals surface area (Å²) >= 11 is 5.67. The van der Waals surface area contributed by atoms with Gasteiger partial charge in [-0.15, -0.1) is 11.6 Å². The van der Waals surface area contributed by atoms with Crippen molar-refractivity contribution in [3.05, 3.63) is 35.4 Å². The number of carbonyl (C=O) groups is 1. The molecule has 1 aliphatic carbocycles. The van der Waals surface area contributed by atoms with Gasteiger partial charge in [-0.3, -0.25) is 4.79 Å². The van der Waals surface area contributed by atoms with E-state index in [2.05, 4.69) is 0 Å². The molecule has 1 amide bonds. The Balaban J connectivity index is 2.21. The molecule has 1 fully saturated rings. The normalized spacial score (nSPS) is 15.3. The van der Waals surface area contributed by atoms with E-state index in [0.29, 0.717) is 12.4 Å². The fourth-order valence-corrected chi connectivity index (χ4v) is 2.26. The first-order valence-electron chi connectivity index (χ1n) is 5.95. The standard InChI is InChI=1S/C13H14ClF2NO/c14-4-5-17(12-2-1-3-12)13(18)9-6-10(15)8-11(16)7-9/h6-8,12H,1-5H2. The monoisotopic (exact) mass is 273 g/mol. The maximum atomic E-state index is 13.1. The third-order valence-electron chi connectivity index (χ3n) is 3.21. The summed E-state index contributed by atoms with van der Waals surface area (Å²) in [5, 5.41) is 0. The molecule has 1 saturated carbocycles. The summed E-state index contributed by atoms with van der Waals surface area (Å²) in [6, 6.07) is 3.03. The Morgan fingerprint density at radius 3 is 2.33 bits per heavy atom. The van der Waals surface area contributed by atoms with Gasteiger partial charge in [-0.2, -0.15) is 0 Å². The Hall–Kier alpha value is -1.16. The van der Waals surface area contributed by atoms with Crippen molar-refractivity contribution in [2.45, 2.75) is 25.3 Å². The number of halogens is 3. The second-order valence-electron chi connectivity index (χ2n) is 4.43. The van der Waals surface area contributed by atoms with Crippen LogP contribution in [0.25, 0.3) is 0 Å². The molecule has 0 unspecified atom stereocenters. The second-order valence-corrected chi connectivity index (χ2v) is 4.81. The Bertz CT molecular complexity index is 428. The van der Waals surface area contributed by atoms with Crippen LogP contribution in [0.5, 0.6) is 0 Å². The van der Waals surface area contributed by atoms with E-state index in [-0.39, 0.29) is 17.5 Å². The lowest BCUT2D eigenvalue weighted by atomic mass is 9.91. The predicted molar refractivity (Wildman–Crippen MR) is 65.8 cm³/mol. The summed E-state index contributed by atoms with van der Waals surface area (Å²) in [5.41, 5.74) is 0.0458. The van der Waals surface area contributed by atoms with Crippen molar-refractivity contribution in [2.24, 2.45) is 0 Å². The Labute approximate surface area is 110 Å². The molecular weight excluding hydrogens is 260 g/mol. The molecule has 1 aliphatic rings. The molecule has 1 aromatic rings. The van der Waals surface area contributed by atoms with Crippen LogP contribution in [-0.2, 0) is 0 Å². The molecule has 0 atom stereocenters. The summed E-state index contributed by atoms with van der Waals surface area (Å²) in [5.74, 6) is -1.51. The summed E-state index contributed by atoms with van der Waals surface area (Å²) in [7, 11) is 0. The summed E-state index contributed by atoms with van der Waals surface area (Å²) < 4.78 is 26.2. The van der Waals surface area contributed by atoms with Crippen LogP contribution < -0.4 is 0 Å². The second kappa shape index (κ2) is 5.65. The van der Waals surface area contributed by atoms with Gasteiger partial charge in [0.2, 0.25) is 0 Å². The van der Waals surface area contributed by atoms with Crippen molar-refractivity contribution >= 4 is 17.5 Å². The van der Waals surface area contributed by atoms with Crippen molar-refractivity contribution in [1.82, 2.24) is 4.90 Å². The van der Waals surface area contributed by atoms with Crippen LogP contribution >= 0.6 is 11.6 Å². The lowest BCUT2D eigenvalue weighted by Gasteiger charge is -2.37. The average molecular weight is 274 g/mol. The zero-order chi connectivity index (χ0) is 13.1. The first-order chi connectivity index (χ1) is 8.61. The first-order valence-corrected chi connectivity index (χ1v) is 6.48. The van der Waals surface area contributed by atoms with Crippen molar-refractivity contribution in [2.75, 3.05) is 12.4 Å². The lowest BCUT2D eigenvalue weighted by Crippen LogP contribution is -2.45. The fraction of sp³-hybridized carbons (Fsp3) is 0.462. The van der Waals surface area contributed by atoms with E-state index in [4.69, 9.17) is 11.6 Å². The minimum Gasteiger partial charge on any atom is -0.334 e. The average Bonchev–Trinajstić information content (AvgIpc) is 2.23. The number of carbonyl (C=O) groups excluding carboxylic acids is 1. The molecule has 0 N–H and O–H groups in total. The molecule has 0 radical (unpaired) electrons. The molecule has 98 valence electrons. The number of benzene rings is 1. The molecule has 18 heavy (non-hydrogen) atoms. The summed E-state index contributed by atoms with van der Waals surface area (Å²) in [6.45, 7) is 0.406. The van der Waals surface area contributed by atoms with Crippen LogP contribution in [0.2, 0.25) is 0 Å². The first kappa shape index (κ1) is 13.3. The van der Waals surface area contributed by atoms with Crippen molar-refractivity contribution in [3.63, 3.8) is 0 Å². The zero-order valence-electron chi connectivity index (χ0n) is 9.83. The maximum Gasteiger partial charge on any atom is 0.254 e. The molecule has 0 saturated heterocycles. The van der Waals surface area contributed by atoms with E-state index in [9.17, 15) is 13.6 Å². The van der Waals surface area contributed by atoms with Crippen LogP contribution in [0.4, 0.5) is 8.78 Å². The van der Waals surface area contributed by atoms with Gasteiger partial charge < -0.3 is 4.90 Å². The SMILES string of the molecule is O=C(c1cc(F)cc(F)c1)N(CCCl)C1CCC1. The minimum absolute atomic E-state index is 0.0458. The third-order valence-corrected chi connectivity index (χ3v) is 3.38. The smallest absolute Gasteiger partial charge is 0.254 e. The number of hydrogen-bond donors (Lipinski definition) is 0. The van der Waals surface area contributed by atoms with Gasteiger partial charge in [0, 0.05) is 30.1 Å². The molecule has 0 aromatic heterocycles. The van der Waals surface area contributed by atoms with Gasteiger partial charge in [0.15, 0.2) is 0 Å². The van der Waals surface area contributed by atoms with Crippen LogP contribution in [-0.4, -0.2) is 29.3 Å². The van der Waals surface area contributed by atoms with Gasteiger partial charge >= 0.3 is 0 Å². The number of alkyl halides is 1. The van der Waals surface area contributed by atoms with Gasteiger partial charge in [0.25, 0.3) is 5.91 Å². The summed E-state index contributed by atoms with van der Waals surface area (Å²) in [4.78, 5) is 13.8. The predicted octanol–water partition coefficient (Wildman–Crippen LogP) is 3.20. The Kier molecular flexibility index (Phi) is 4.17. The molecule has 2 nitrogen and oxygen atoms in total. The molecular formula is C13H14ClF2NO. The van der Waals surface area contributed by atoms with E-state index in [0.717, 1.165) is 37.5 Å². The highest BCUT2D eigenvalue weighted by molar-refractivity contribution is 6.18. The van der Waals surface area contributed by atoms with Gasteiger partial charge in [0.05, 0.1) is 0 Å². The molecule has 5 heteroatoms. The van der Waals surface area contributed by atoms with Gasteiger partial charge in [-0.1, -0.05) is 0 Å². The highest BCUT2D eigenvalue weighted by atomic mass is 35.5. The number of amides is 1. The number of rotatable bonds is 4. The lowest BCUT2D eigenvalue weighted by molar-refractivity contribution is 0.0597. The third kappa shape index (κ3) is 2.80. The molecule has 0 heterocycles. The van der Waals surface area contributed by atoms with E-state index >= 15 is 0 Å². The van der Waals surface area contributed by atoms with E-state index in [1.807, 2.05) is 0 Å². The minimum atomic E-state index is -0.738. The van der Waals surface area contributed by atoms with Gasteiger partial charge in [0.1, 0.15) is 11.6 Å². The fourth-order valence-electron chi connectivity index (χ4n) is 2.08. The molecule has 0 aliphatic heterocycles. The largest absolute Gasteiger partial charge is 0.334 e. The molecule has 0 spiro atoms. The number of hydrogen-bond acceptors (Lipinski definition) is 1. The molecule has 2 rings (SSSR count). The van der Waals surface area contributed by atoms with Crippen molar-refractivity contribution < 1.29 is 13.6 Å². The van der Waals surface area contributed by atoms with Crippen molar-refractivity contribution in [1.29, 1.82) is 0 Å². The number of nitrogens with zero attached hydrogens (tertiary/aromatic N) is 1. The van der Waals surface area contributed by atoms with E-state index in [1.165, 1.54) is 0 Å². The molecule has 0 bridgehead atoms. The summed E-state index contributed by atoms with van der Waals surface area (Å²) in [6.07, 6.45) is 2.94. The van der Waals surface area contributed by atoms with Crippen LogP contribution in [0.1, 0.15) is 29.6 Å². The van der Waals surface area contributed by atoms with Gasteiger partial charge in [-0.05, 0) is 31.4 Å². The quantitative estimate of drug-likeness (QED) is 0.772. The van der Waals surface area contributed by atoms with E-state index < -0.39 is 11.6 Å². The highest BCUT2D eigenvalue weighted by Gasteiger charge is 2.29. The van der Waals surface area contributed by atoms with Crippen LogP contribution in [0.15, 0.2) is 18.2 Å². The van der Waals surface area contributed by atoms with E-state index in [1.54, 1.807) is 4.90 Å². The van der Waals surface area contributed by atoms with Crippen molar-refractivity contribution in [3.8, 4) is 0 Å². The van der Waals surface area contributed by atoms with Crippen LogP contribution in [0, 0.1) is 11.6 Å². The maximum absolute atomic E-state index is 13.1. The molecule has 1 aromatic carbocycles. The topological polar surface area (TPSA) is 20.3 Å². The zero-order valence-corrected chi connectivity index (χ0v) is 10.6. The Morgan fingerprint density at radius 2 is 1.89 bits per heavy atom. The Morgan fingerprint density at radius 1 is 1.28 bits per heavy atom. The highest BCUT2D eigenvalue weighted by Crippen LogP contribution is 2.26. The van der Waals surface area contributed by atoms with Gasteiger partial charge in [-0.25, -0.2) is 8.78 Å². The van der Waals surface area contributed by atoms with Crippen LogP contribution in [0.3, 0.4) is 0 Å².